The van der Waals surface area contributed by atoms with E-state index in [9.17, 15) is 0 Å². The molecule has 2 aromatic heterocycles. The molecule has 2 N–H and O–H groups in total. The van der Waals surface area contributed by atoms with Gasteiger partial charge >= 0.3 is 0 Å². The molecular weight excluding hydrogens is 230 g/mol. The van der Waals surface area contributed by atoms with Gasteiger partial charge in [-0.25, -0.2) is 4.98 Å². The number of aromatic nitrogens is 1. The van der Waals surface area contributed by atoms with E-state index in [1.165, 1.54) is 5.56 Å². The number of thiophene rings is 1. The standard InChI is InChI=1S/C13H17N3S/c1-10-5-12(7-14)6-13(15-10)16(2)8-11-3-4-17-9-11/h3-6,9H,7-8,14H2,1-2H3. The lowest BCUT2D eigenvalue weighted by atomic mass is 10.2. The summed E-state index contributed by atoms with van der Waals surface area (Å²) in [6, 6.07) is 6.22. The van der Waals surface area contributed by atoms with E-state index >= 15 is 0 Å². The van der Waals surface area contributed by atoms with E-state index in [0.29, 0.717) is 6.54 Å². The van der Waals surface area contributed by atoms with Crippen LogP contribution in [0.15, 0.2) is 29.0 Å². The van der Waals surface area contributed by atoms with Gasteiger partial charge in [0.05, 0.1) is 0 Å². The van der Waals surface area contributed by atoms with E-state index in [1.54, 1.807) is 11.3 Å². The maximum atomic E-state index is 5.68. The van der Waals surface area contributed by atoms with Crippen molar-refractivity contribution < 1.29 is 0 Å². The maximum Gasteiger partial charge on any atom is 0.129 e. The fourth-order valence-corrected chi connectivity index (χ4v) is 2.43. The van der Waals surface area contributed by atoms with Crippen molar-refractivity contribution in [3.05, 3.63) is 45.8 Å². The first-order valence-corrected chi connectivity index (χ1v) is 6.53. The van der Waals surface area contributed by atoms with Crippen LogP contribution < -0.4 is 10.6 Å². The van der Waals surface area contributed by atoms with Gasteiger partial charge in [-0.1, -0.05) is 0 Å². The number of nitrogens with zero attached hydrogens (tertiary/aromatic N) is 2. The lowest BCUT2D eigenvalue weighted by molar-refractivity contribution is 0.889. The van der Waals surface area contributed by atoms with E-state index in [0.717, 1.165) is 23.6 Å². The summed E-state index contributed by atoms with van der Waals surface area (Å²) >= 11 is 1.72. The molecule has 17 heavy (non-hydrogen) atoms. The van der Waals surface area contributed by atoms with Crippen LogP contribution in [0.3, 0.4) is 0 Å². The van der Waals surface area contributed by atoms with Gasteiger partial charge in [-0.05, 0) is 47.0 Å². The molecule has 0 amide bonds. The Hall–Kier alpha value is -1.39. The number of aryl methyl sites for hydroxylation is 1. The minimum absolute atomic E-state index is 0.558. The summed E-state index contributed by atoms with van der Waals surface area (Å²) in [5, 5.41) is 4.26. The quantitative estimate of drug-likeness (QED) is 0.903. The van der Waals surface area contributed by atoms with Crippen molar-refractivity contribution in [3.63, 3.8) is 0 Å². The van der Waals surface area contributed by atoms with Crippen LogP contribution in [0.2, 0.25) is 0 Å². The van der Waals surface area contributed by atoms with Crippen LogP contribution in [0.1, 0.15) is 16.8 Å². The molecule has 0 atom stereocenters. The molecule has 0 aliphatic rings. The molecule has 0 spiro atoms. The van der Waals surface area contributed by atoms with Gasteiger partial charge in [0, 0.05) is 25.8 Å². The fraction of sp³-hybridized carbons (Fsp3) is 0.308. The number of pyridine rings is 1. The molecule has 0 radical (unpaired) electrons. The molecule has 0 fully saturated rings. The van der Waals surface area contributed by atoms with Gasteiger partial charge in [-0.2, -0.15) is 11.3 Å². The Bertz CT molecular complexity index is 479. The van der Waals surface area contributed by atoms with Crippen molar-refractivity contribution in [1.82, 2.24) is 4.98 Å². The van der Waals surface area contributed by atoms with Crippen molar-refractivity contribution in [2.24, 2.45) is 5.73 Å². The smallest absolute Gasteiger partial charge is 0.129 e. The molecule has 2 rings (SSSR count). The highest BCUT2D eigenvalue weighted by molar-refractivity contribution is 7.07. The van der Waals surface area contributed by atoms with Gasteiger partial charge in [-0.3, -0.25) is 0 Å². The van der Waals surface area contributed by atoms with Crippen molar-refractivity contribution in [2.45, 2.75) is 20.0 Å². The Labute approximate surface area is 106 Å². The second-order valence-electron chi connectivity index (χ2n) is 4.17. The number of hydrogen-bond acceptors (Lipinski definition) is 4. The van der Waals surface area contributed by atoms with Crippen LogP contribution >= 0.6 is 11.3 Å². The fourth-order valence-electron chi connectivity index (χ4n) is 1.77. The van der Waals surface area contributed by atoms with E-state index in [-0.39, 0.29) is 0 Å². The van der Waals surface area contributed by atoms with E-state index in [4.69, 9.17) is 5.73 Å². The molecule has 0 aliphatic heterocycles. The third-order valence-electron chi connectivity index (χ3n) is 2.63. The Morgan fingerprint density at radius 3 is 2.82 bits per heavy atom. The molecule has 0 unspecified atom stereocenters. The average Bonchev–Trinajstić information content (AvgIpc) is 2.81. The van der Waals surface area contributed by atoms with Gasteiger partial charge in [0.2, 0.25) is 0 Å². The molecule has 3 nitrogen and oxygen atoms in total. The first-order chi connectivity index (χ1) is 8.19. The molecule has 0 aliphatic carbocycles. The highest BCUT2D eigenvalue weighted by Gasteiger charge is 2.06. The number of anilines is 1. The van der Waals surface area contributed by atoms with Crippen LogP contribution in [0.4, 0.5) is 5.82 Å². The maximum absolute atomic E-state index is 5.68. The van der Waals surface area contributed by atoms with Crippen LogP contribution in [0.25, 0.3) is 0 Å². The van der Waals surface area contributed by atoms with Crippen LogP contribution in [0, 0.1) is 6.92 Å². The van der Waals surface area contributed by atoms with Crippen molar-refractivity contribution in [1.29, 1.82) is 0 Å². The molecule has 0 saturated carbocycles. The summed E-state index contributed by atoms with van der Waals surface area (Å²) in [5.41, 5.74) is 9.14. The highest BCUT2D eigenvalue weighted by Crippen LogP contribution is 2.17. The van der Waals surface area contributed by atoms with E-state index in [2.05, 4.69) is 39.8 Å². The summed E-state index contributed by atoms with van der Waals surface area (Å²) in [6.45, 7) is 3.44. The van der Waals surface area contributed by atoms with Crippen molar-refractivity contribution in [3.8, 4) is 0 Å². The normalized spacial score (nSPS) is 10.5. The van der Waals surface area contributed by atoms with Gasteiger partial charge in [-0.15, -0.1) is 0 Å². The minimum atomic E-state index is 0.558. The molecule has 4 heteroatoms. The first-order valence-electron chi connectivity index (χ1n) is 5.59. The third kappa shape index (κ3) is 3.05. The molecule has 2 heterocycles. The Kier molecular flexibility index (Phi) is 3.76. The average molecular weight is 247 g/mol. The summed E-state index contributed by atoms with van der Waals surface area (Å²) < 4.78 is 0. The van der Waals surface area contributed by atoms with E-state index < -0.39 is 0 Å². The van der Waals surface area contributed by atoms with Gasteiger partial charge in [0.15, 0.2) is 0 Å². The van der Waals surface area contributed by atoms with E-state index in [1.807, 2.05) is 13.0 Å². The predicted octanol–water partition coefficient (Wildman–Crippen LogP) is 2.55. The van der Waals surface area contributed by atoms with Crippen LogP contribution in [-0.4, -0.2) is 12.0 Å². The lowest BCUT2D eigenvalue weighted by Crippen LogP contribution is -2.18. The number of hydrogen-bond donors (Lipinski definition) is 1. The van der Waals surface area contributed by atoms with Gasteiger partial charge in [0.1, 0.15) is 5.82 Å². The third-order valence-corrected chi connectivity index (χ3v) is 3.36. The second-order valence-corrected chi connectivity index (χ2v) is 4.95. The zero-order valence-corrected chi connectivity index (χ0v) is 11.0. The number of nitrogens with two attached hydrogens (primary N) is 1. The monoisotopic (exact) mass is 247 g/mol. The summed E-state index contributed by atoms with van der Waals surface area (Å²) in [6.07, 6.45) is 0. The molecule has 0 saturated heterocycles. The predicted molar refractivity (Wildman–Crippen MR) is 73.3 cm³/mol. The number of rotatable bonds is 4. The molecule has 2 aromatic rings. The second kappa shape index (κ2) is 5.29. The summed E-state index contributed by atoms with van der Waals surface area (Å²) in [7, 11) is 2.06. The Morgan fingerprint density at radius 1 is 1.35 bits per heavy atom. The summed E-state index contributed by atoms with van der Waals surface area (Å²) in [5.74, 6) is 0.983. The zero-order valence-electron chi connectivity index (χ0n) is 10.2. The van der Waals surface area contributed by atoms with Gasteiger partial charge < -0.3 is 10.6 Å². The first kappa shape index (κ1) is 12.1. The topological polar surface area (TPSA) is 42.1 Å². The molecular formula is C13H17N3S. The SMILES string of the molecule is Cc1cc(CN)cc(N(C)Cc2ccsc2)n1. The molecule has 0 aromatic carbocycles. The largest absolute Gasteiger partial charge is 0.355 e. The van der Waals surface area contributed by atoms with Gasteiger partial charge in [0.25, 0.3) is 0 Å². The Morgan fingerprint density at radius 2 is 2.18 bits per heavy atom. The summed E-state index contributed by atoms with van der Waals surface area (Å²) in [4.78, 5) is 6.68. The Balaban J connectivity index is 2.18. The van der Waals surface area contributed by atoms with Crippen LogP contribution in [-0.2, 0) is 13.1 Å². The molecule has 90 valence electrons. The van der Waals surface area contributed by atoms with Crippen LogP contribution in [0.5, 0.6) is 0 Å². The highest BCUT2D eigenvalue weighted by atomic mass is 32.1. The zero-order chi connectivity index (χ0) is 12.3. The lowest BCUT2D eigenvalue weighted by Gasteiger charge is -2.18. The van der Waals surface area contributed by atoms with Crippen molar-refractivity contribution in [2.75, 3.05) is 11.9 Å². The molecule has 0 bridgehead atoms. The minimum Gasteiger partial charge on any atom is -0.355 e. The van der Waals surface area contributed by atoms with Crippen molar-refractivity contribution >= 4 is 17.2 Å².